The maximum atomic E-state index is 12.0. The molecule has 0 unspecified atom stereocenters. The number of nitrogens with one attached hydrogen (secondary N) is 2. The van der Waals surface area contributed by atoms with Crippen molar-refractivity contribution in [1.82, 2.24) is 25.1 Å². The number of carbonyl (C=O) groups excluding carboxylic acids is 1. The molecular weight excluding hydrogens is 443 g/mol. The first-order valence-electron chi connectivity index (χ1n) is 9.40. The van der Waals surface area contributed by atoms with Crippen LogP contribution in [0.25, 0.3) is 0 Å². The van der Waals surface area contributed by atoms with Gasteiger partial charge in [0, 0.05) is 58.1 Å². The van der Waals surface area contributed by atoms with Crippen molar-refractivity contribution in [2.45, 2.75) is 53.5 Å². The zero-order valence-electron chi connectivity index (χ0n) is 16.6. The van der Waals surface area contributed by atoms with Gasteiger partial charge in [-0.15, -0.1) is 24.0 Å². The lowest BCUT2D eigenvalue weighted by Gasteiger charge is -2.19. The first kappa shape index (κ1) is 24.7. The summed E-state index contributed by atoms with van der Waals surface area (Å²) in [6.45, 7) is 12.8. The lowest BCUT2D eigenvalue weighted by molar-refractivity contribution is -0.130. The van der Waals surface area contributed by atoms with Gasteiger partial charge >= 0.3 is 0 Å². The summed E-state index contributed by atoms with van der Waals surface area (Å²) in [5, 5.41) is 6.47. The van der Waals surface area contributed by atoms with Crippen molar-refractivity contribution < 1.29 is 4.79 Å². The number of aliphatic imine (C=N–C) groups is 1. The largest absolute Gasteiger partial charge is 0.357 e. The molecule has 0 aliphatic heterocycles. The number of carbonyl (C=O) groups is 1. The van der Waals surface area contributed by atoms with Gasteiger partial charge in [-0.1, -0.05) is 0 Å². The number of unbranched alkanes of at least 4 members (excludes halogenated alkanes) is 1. The molecule has 1 aromatic heterocycles. The number of aromatic nitrogens is 2. The molecular formula is C18H35IN6O. The lowest BCUT2D eigenvalue weighted by Crippen LogP contribution is -2.40. The van der Waals surface area contributed by atoms with Gasteiger partial charge in [0.05, 0.1) is 0 Å². The molecule has 0 atom stereocenters. The average Bonchev–Trinajstić information content (AvgIpc) is 3.00. The monoisotopic (exact) mass is 478 g/mol. The number of halogens is 1. The number of amides is 1. The predicted molar refractivity (Wildman–Crippen MR) is 118 cm³/mol. The SMILES string of the molecule is CCNC(=NCCCCn1ccnc1C)NCCC(=O)N(CC)CC.I. The summed E-state index contributed by atoms with van der Waals surface area (Å²) in [6, 6.07) is 0. The Kier molecular flexibility index (Phi) is 14.1. The molecule has 0 aromatic carbocycles. The summed E-state index contributed by atoms with van der Waals surface area (Å²) in [7, 11) is 0. The predicted octanol–water partition coefficient (Wildman–Crippen LogP) is 2.40. The van der Waals surface area contributed by atoms with Gasteiger partial charge in [0.1, 0.15) is 5.82 Å². The molecule has 8 heteroatoms. The number of nitrogens with zero attached hydrogens (tertiary/aromatic N) is 4. The molecule has 1 amide bonds. The van der Waals surface area contributed by atoms with Crippen molar-refractivity contribution in [3.8, 4) is 0 Å². The highest BCUT2D eigenvalue weighted by Crippen LogP contribution is 2.00. The van der Waals surface area contributed by atoms with E-state index in [1.165, 1.54) is 0 Å². The second kappa shape index (κ2) is 14.8. The highest BCUT2D eigenvalue weighted by Gasteiger charge is 2.09. The number of imidazole rings is 1. The van der Waals surface area contributed by atoms with Crippen LogP contribution in [0, 0.1) is 6.92 Å². The Morgan fingerprint density at radius 3 is 2.54 bits per heavy atom. The minimum Gasteiger partial charge on any atom is -0.357 e. The normalized spacial score (nSPS) is 11.0. The van der Waals surface area contributed by atoms with Crippen LogP contribution in [-0.4, -0.2) is 59.0 Å². The fourth-order valence-electron chi connectivity index (χ4n) is 2.59. The van der Waals surface area contributed by atoms with Crippen LogP contribution in [0.2, 0.25) is 0 Å². The van der Waals surface area contributed by atoms with Crippen LogP contribution in [0.3, 0.4) is 0 Å². The van der Waals surface area contributed by atoms with Crippen LogP contribution in [0.5, 0.6) is 0 Å². The molecule has 0 bridgehead atoms. The molecule has 1 aromatic rings. The van der Waals surface area contributed by atoms with Gasteiger partial charge in [-0.05, 0) is 40.5 Å². The van der Waals surface area contributed by atoms with Crippen LogP contribution in [0.4, 0.5) is 0 Å². The Morgan fingerprint density at radius 2 is 1.96 bits per heavy atom. The highest BCUT2D eigenvalue weighted by atomic mass is 127. The molecule has 0 spiro atoms. The quantitative estimate of drug-likeness (QED) is 0.222. The van der Waals surface area contributed by atoms with E-state index in [4.69, 9.17) is 0 Å². The summed E-state index contributed by atoms with van der Waals surface area (Å²) in [5.74, 6) is 2.02. The fourth-order valence-corrected chi connectivity index (χ4v) is 2.59. The van der Waals surface area contributed by atoms with Gasteiger partial charge < -0.3 is 20.1 Å². The van der Waals surface area contributed by atoms with Gasteiger partial charge in [0.15, 0.2) is 5.96 Å². The highest BCUT2D eigenvalue weighted by molar-refractivity contribution is 14.0. The topological polar surface area (TPSA) is 74.5 Å². The third-order valence-corrected chi connectivity index (χ3v) is 4.09. The van der Waals surface area contributed by atoms with Crippen LogP contribution in [-0.2, 0) is 11.3 Å². The van der Waals surface area contributed by atoms with Crippen molar-refractivity contribution in [3.63, 3.8) is 0 Å². The van der Waals surface area contributed by atoms with Crippen molar-refractivity contribution in [3.05, 3.63) is 18.2 Å². The van der Waals surface area contributed by atoms with Gasteiger partial charge in [-0.2, -0.15) is 0 Å². The second-order valence-electron chi connectivity index (χ2n) is 5.88. The second-order valence-corrected chi connectivity index (χ2v) is 5.88. The van der Waals surface area contributed by atoms with E-state index < -0.39 is 0 Å². The summed E-state index contributed by atoms with van der Waals surface area (Å²) in [6.07, 6.45) is 6.43. The zero-order valence-corrected chi connectivity index (χ0v) is 19.0. The molecule has 0 saturated carbocycles. The van der Waals surface area contributed by atoms with Gasteiger partial charge in [-0.3, -0.25) is 9.79 Å². The molecule has 26 heavy (non-hydrogen) atoms. The molecule has 150 valence electrons. The number of aryl methyl sites for hydroxylation is 2. The molecule has 0 radical (unpaired) electrons. The lowest BCUT2D eigenvalue weighted by atomic mass is 10.3. The van der Waals surface area contributed by atoms with E-state index in [1.807, 2.05) is 45.0 Å². The van der Waals surface area contributed by atoms with E-state index in [2.05, 4.69) is 25.2 Å². The molecule has 7 nitrogen and oxygen atoms in total. The zero-order chi connectivity index (χ0) is 18.5. The number of hydrogen-bond acceptors (Lipinski definition) is 3. The Hall–Kier alpha value is -1.32. The fraction of sp³-hybridized carbons (Fsp3) is 0.722. The summed E-state index contributed by atoms with van der Waals surface area (Å²) >= 11 is 0. The summed E-state index contributed by atoms with van der Waals surface area (Å²) in [4.78, 5) is 22.7. The third kappa shape index (κ3) is 9.40. The Balaban J connectivity index is 0.00000625. The van der Waals surface area contributed by atoms with Crippen LogP contribution in [0.15, 0.2) is 17.4 Å². The first-order valence-corrected chi connectivity index (χ1v) is 9.40. The molecule has 0 aliphatic carbocycles. The molecule has 1 rings (SSSR count). The summed E-state index contributed by atoms with van der Waals surface area (Å²) < 4.78 is 2.16. The van der Waals surface area contributed by atoms with Crippen LogP contribution >= 0.6 is 24.0 Å². The van der Waals surface area contributed by atoms with Crippen molar-refractivity contribution in [2.24, 2.45) is 4.99 Å². The van der Waals surface area contributed by atoms with Crippen molar-refractivity contribution in [2.75, 3.05) is 32.7 Å². The summed E-state index contributed by atoms with van der Waals surface area (Å²) in [5.41, 5.74) is 0. The minimum atomic E-state index is 0. The smallest absolute Gasteiger partial charge is 0.224 e. The van der Waals surface area contributed by atoms with Crippen LogP contribution in [0.1, 0.15) is 45.9 Å². The molecule has 2 N–H and O–H groups in total. The molecule has 0 fully saturated rings. The maximum absolute atomic E-state index is 12.0. The number of guanidine groups is 1. The van der Waals surface area contributed by atoms with Crippen molar-refractivity contribution in [1.29, 1.82) is 0 Å². The van der Waals surface area contributed by atoms with E-state index >= 15 is 0 Å². The Bertz CT molecular complexity index is 528. The molecule has 0 aliphatic rings. The average molecular weight is 478 g/mol. The minimum absolute atomic E-state index is 0. The first-order chi connectivity index (χ1) is 12.1. The van der Waals surface area contributed by atoms with E-state index in [-0.39, 0.29) is 29.9 Å². The molecule has 1 heterocycles. The van der Waals surface area contributed by atoms with Gasteiger partial charge in [0.2, 0.25) is 5.91 Å². The van der Waals surface area contributed by atoms with E-state index in [0.717, 1.165) is 57.3 Å². The van der Waals surface area contributed by atoms with E-state index in [9.17, 15) is 4.79 Å². The van der Waals surface area contributed by atoms with E-state index in [0.29, 0.717) is 13.0 Å². The standard InChI is InChI=1S/C18H34N6O.HI/c1-5-19-18(22-12-10-17(25)23(6-2)7-3)21-11-8-9-14-24-15-13-20-16(24)4;/h13,15H,5-12,14H2,1-4H3,(H2,19,21,22);1H. The number of rotatable bonds is 11. The number of hydrogen-bond donors (Lipinski definition) is 2. The third-order valence-electron chi connectivity index (χ3n) is 4.09. The van der Waals surface area contributed by atoms with Gasteiger partial charge in [0.25, 0.3) is 0 Å². The van der Waals surface area contributed by atoms with Crippen LogP contribution < -0.4 is 10.6 Å². The van der Waals surface area contributed by atoms with Gasteiger partial charge in [-0.25, -0.2) is 4.98 Å². The van der Waals surface area contributed by atoms with E-state index in [1.54, 1.807) is 0 Å². The van der Waals surface area contributed by atoms with Crippen molar-refractivity contribution >= 4 is 35.8 Å². The maximum Gasteiger partial charge on any atom is 0.224 e. The molecule has 0 saturated heterocycles. The Labute approximate surface area is 175 Å². The Morgan fingerprint density at radius 1 is 1.23 bits per heavy atom.